The highest BCUT2D eigenvalue weighted by atomic mass is 16.5. The Hall–Kier alpha value is -1.84. The second kappa shape index (κ2) is 5.87. The molecule has 4 heteroatoms. The predicted molar refractivity (Wildman–Crippen MR) is 70.4 cm³/mol. The number of Topliss-reactive ketones (excluding diaryl/α,β-unsaturated/α-hetero) is 1. The van der Waals surface area contributed by atoms with Gasteiger partial charge >= 0.3 is 5.97 Å². The van der Waals surface area contributed by atoms with Crippen LogP contribution in [0.25, 0.3) is 0 Å². The van der Waals surface area contributed by atoms with Crippen molar-refractivity contribution in [2.24, 2.45) is 11.8 Å². The monoisotopic (exact) mass is 262 g/mol. The van der Waals surface area contributed by atoms with Crippen LogP contribution in [0, 0.1) is 11.8 Å². The van der Waals surface area contributed by atoms with Crippen molar-refractivity contribution in [3.8, 4) is 5.75 Å². The lowest BCUT2D eigenvalue weighted by molar-refractivity contribution is -0.141. The summed E-state index contributed by atoms with van der Waals surface area (Å²) in [6.45, 7) is 2.50. The first-order chi connectivity index (χ1) is 9.11. The van der Waals surface area contributed by atoms with Crippen LogP contribution in [0.5, 0.6) is 5.75 Å². The van der Waals surface area contributed by atoms with Crippen molar-refractivity contribution < 1.29 is 19.4 Å². The van der Waals surface area contributed by atoms with E-state index in [1.165, 1.54) is 0 Å². The molecular weight excluding hydrogens is 244 g/mol. The number of ketones is 1. The Bertz CT molecular complexity index is 464. The molecule has 0 heterocycles. The molecule has 1 aromatic rings. The third-order valence-electron chi connectivity index (χ3n) is 3.60. The van der Waals surface area contributed by atoms with E-state index in [1.54, 1.807) is 24.3 Å². The van der Waals surface area contributed by atoms with Crippen molar-refractivity contribution in [2.45, 2.75) is 26.2 Å². The zero-order chi connectivity index (χ0) is 13.8. The van der Waals surface area contributed by atoms with E-state index in [1.807, 2.05) is 6.92 Å². The smallest absolute Gasteiger partial charge is 0.306 e. The van der Waals surface area contributed by atoms with Gasteiger partial charge in [0.25, 0.3) is 0 Å². The first-order valence-electron chi connectivity index (χ1n) is 6.61. The molecule has 2 atom stereocenters. The third-order valence-corrected chi connectivity index (χ3v) is 3.60. The maximum atomic E-state index is 12.3. The maximum absolute atomic E-state index is 12.3. The molecule has 1 fully saturated rings. The molecule has 2 rings (SSSR count). The summed E-state index contributed by atoms with van der Waals surface area (Å²) in [5.41, 5.74) is 0.638. The second-order valence-electron chi connectivity index (χ2n) is 4.87. The van der Waals surface area contributed by atoms with Gasteiger partial charge in [-0.15, -0.1) is 0 Å². The first kappa shape index (κ1) is 13.6. The van der Waals surface area contributed by atoms with Gasteiger partial charge in [0.05, 0.1) is 12.5 Å². The fourth-order valence-corrected chi connectivity index (χ4v) is 2.56. The van der Waals surface area contributed by atoms with Crippen LogP contribution in [0.4, 0.5) is 0 Å². The Labute approximate surface area is 112 Å². The molecule has 1 aliphatic rings. The highest BCUT2D eigenvalue weighted by molar-refractivity contribution is 5.98. The van der Waals surface area contributed by atoms with Gasteiger partial charge in [0.2, 0.25) is 0 Å². The van der Waals surface area contributed by atoms with Crippen LogP contribution in [0.15, 0.2) is 24.3 Å². The SMILES string of the molecule is CCOc1ccc(C(=O)C2CCC(C(=O)O)C2)cc1. The quantitative estimate of drug-likeness (QED) is 0.829. The molecule has 19 heavy (non-hydrogen) atoms. The fourth-order valence-electron chi connectivity index (χ4n) is 2.56. The Morgan fingerprint density at radius 2 is 1.84 bits per heavy atom. The van der Waals surface area contributed by atoms with Gasteiger partial charge in [0.15, 0.2) is 5.78 Å². The Morgan fingerprint density at radius 1 is 1.21 bits per heavy atom. The van der Waals surface area contributed by atoms with E-state index in [4.69, 9.17) is 9.84 Å². The number of carboxylic acid groups (broad SMARTS) is 1. The van der Waals surface area contributed by atoms with Gasteiger partial charge in [0, 0.05) is 11.5 Å². The average Bonchev–Trinajstić information content (AvgIpc) is 2.89. The Balaban J connectivity index is 2.02. The van der Waals surface area contributed by atoms with E-state index >= 15 is 0 Å². The fraction of sp³-hybridized carbons (Fsp3) is 0.467. The molecule has 4 nitrogen and oxygen atoms in total. The summed E-state index contributed by atoms with van der Waals surface area (Å²) in [7, 11) is 0. The van der Waals surface area contributed by atoms with Gasteiger partial charge in [-0.2, -0.15) is 0 Å². The Kier molecular flexibility index (Phi) is 4.20. The molecule has 0 saturated heterocycles. The van der Waals surface area contributed by atoms with E-state index in [0.717, 1.165) is 5.75 Å². The summed E-state index contributed by atoms with van der Waals surface area (Å²) in [6, 6.07) is 7.06. The minimum absolute atomic E-state index is 0.0480. The number of carbonyl (C=O) groups excluding carboxylic acids is 1. The van der Waals surface area contributed by atoms with E-state index in [2.05, 4.69) is 0 Å². The van der Waals surface area contributed by atoms with Gasteiger partial charge < -0.3 is 9.84 Å². The van der Waals surface area contributed by atoms with Gasteiger partial charge in [0.1, 0.15) is 5.75 Å². The van der Waals surface area contributed by atoms with E-state index in [0.29, 0.717) is 31.4 Å². The number of carbonyl (C=O) groups is 2. The lowest BCUT2D eigenvalue weighted by Gasteiger charge is -2.09. The molecule has 0 aromatic heterocycles. The highest BCUT2D eigenvalue weighted by Crippen LogP contribution is 2.33. The first-order valence-corrected chi connectivity index (χ1v) is 6.61. The molecule has 0 aliphatic heterocycles. The summed E-state index contributed by atoms with van der Waals surface area (Å²) in [5, 5.41) is 8.95. The van der Waals surface area contributed by atoms with E-state index in [9.17, 15) is 9.59 Å². The molecule has 102 valence electrons. The van der Waals surface area contributed by atoms with Crippen molar-refractivity contribution in [2.75, 3.05) is 6.61 Å². The molecule has 2 unspecified atom stereocenters. The molecule has 0 amide bonds. The van der Waals surface area contributed by atoms with Crippen molar-refractivity contribution in [3.05, 3.63) is 29.8 Å². The third kappa shape index (κ3) is 3.13. The van der Waals surface area contributed by atoms with Crippen molar-refractivity contribution in [1.29, 1.82) is 0 Å². The summed E-state index contributed by atoms with van der Waals surface area (Å²) < 4.78 is 5.33. The summed E-state index contributed by atoms with van der Waals surface area (Å²) in [5.74, 6) is -0.515. The van der Waals surface area contributed by atoms with Crippen LogP contribution >= 0.6 is 0 Å². The summed E-state index contributed by atoms with van der Waals surface area (Å²) in [6.07, 6.45) is 1.73. The standard InChI is InChI=1S/C15H18O4/c1-2-19-13-7-5-10(6-8-13)14(16)11-3-4-12(9-11)15(17)18/h5-8,11-12H,2-4,9H2,1H3,(H,17,18). The molecule has 1 N–H and O–H groups in total. The number of ether oxygens (including phenoxy) is 1. The summed E-state index contributed by atoms with van der Waals surface area (Å²) in [4.78, 5) is 23.1. The number of carboxylic acids is 1. The molecule has 0 radical (unpaired) electrons. The average molecular weight is 262 g/mol. The Morgan fingerprint density at radius 3 is 2.37 bits per heavy atom. The minimum Gasteiger partial charge on any atom is -0.494 e. The van der Waals surface area contributed by atoms with Crippen LogP contribution < -0.4 is 4.74 Å². The second-order valence-corrected chi connectivity index (χ2v) is 4.87. The zero-order valence-electron chi connectivity index (χ0n) is 11.0. The molecule has 0 bridgehead atoms. The number of aliphatic carboxylic acids is 1. The van der Waals surface area contributed by atoms with Crippen LogP contribution in [-0.2, 0) is 4.79 Å². The van der Waals surface area contributed by atoms with Gasteiger partial charge in [-0.1, -0.05) is 0 Å². The zero-order valence-corrected chi connectivity index (χ0v) is 11.0. The lowest BCUT2D eigenvalue weighted by Crippen LogP contribution is -2.14. The number of hydrogen-bond donors (Lipinski definition) is 1. The van der Waals surface area contributed by atoms with Crippen molar-refractivity contribution >= 4 is 11.8 Å². The predicted octanol–water partition coefficient (Wildman–Crippen LogP) is 2.77. The maximum Gasteiger partial charge on any atom is 0.306 e. The molecular formula is C15H18O4. The van der Waals surface area contributed by atoms with Crippen LogP contribution in [0.2, 0.25) is 0 Å². The van der Waals surface area contributed by atoms with Gasteiger partial charge in [-0.05, 0) is 50.5 Å². The van der Waals surface area contributed by atoms with Crippen molar-refractivity contribution in [1.82, 2.24) is 0 Å². The van der Waals surface area contributed by atoms with Crippen LogP contribution in [0.1, 0.15) is 36.5 Å². The lowest BCUT2D eigenvalue weighted by atomic mass is 9.95. The van der Waals surface area contributed by atoms with Crippen LogP contribution in [0.3, 0.4) is 0 Å². The molecule has 0 spiro atoms. The van der Waals surface area contributed by atoms with Crippen LogP contribution in [-0.4, -0.2) is 23.5 Å². The van der Waals surface area contributed by atoms with E-state index in [-0.39, 0.29) is 17.6 Å². The normalized spacial score (nSPS) is 22.2. The number of benzene rings is 1. The molecule has 1 aliphatic carbocycles. The highest BCUT2D eigenvalue weighted by Gasteiger charge is 2.34. The van der Waals surface area contributed by atoms with E-state index < -0.39 is 5.97 Å². The molecule has 1 saturated carbocycles. The van der Waals surface area contributed by atoms with Gasteiger partial charge in [-0.3, -0.25) is 9.59 Å². The number of hydrogen-bond acceptors (Lipinski definition) is 3. The summed E-state index contributed by atoms with van der Waals surface area (Å²) >= 11 is 0. The van der Waals surface area contributed by atoms with Crippen molar-refractivity contribution in [3.63, 3.8) is 0 Å². The minimum atomic E-state index is -0.790. The van der Waals surface area contributed by atoms with Gasteiger partial charge in [-0.25, -0.2) is 0 Å². The number of rotatable bonds is 5. The largest absolute Gasteiger partial charge is 0.494 e. The topological polar surface area (TPSA) is 63.6 Å². The molecule has 1 aromatic carbocycles.